The van der Waals surface area contributed by atoms with Gasteiger partial charge in [0.15, 0.2) is 0 Å². The molecule has 0 aromatic heterocycles. The standard InChI is InChI=1S/C30H29BO2/c1-29(2)30(3,4)33-31(32-29)25-20-26(22-14-8-5-9-15-22)28(24-18-12-7-13-19-24)27(21-25)23-16-10-6-11-17-23/h5-21H,1-4H3. The summed E-state index contributed by atoms with van der Waals surface area (Å²) in [5.74, 6) is 0. The van der Waals surface area contributed by atoms with Crippen molar-refractivity contribution in [2.45, 2.75) is 38.9 Å². The lowest BCUT2D eigenvalue weighted by atomic mass is 9.74. The van der Waals surface area contributed by atoms with Crippen LogP contribution in [0, 0.1) is 0 Å². The molecule has 1 heterocycles. The van der Waals surface area contributed by atoms with Crippen molar-refractivity contribution in [2.75, 3.05) is 0 Å². The van der Waals surface area contributed by atoms with E-state index in [9.17, 15) is 0 Å². The van der Waals surface area contributed by atoms with Gasteiger partial charge < -0.3 is 9.31 Å². The average Bonchev–Trinajstić information content (AvgIpc) is 3.06. The summed E-state index contributed by atoms with van der Waals surface area (Å²) in [4.78, 5) is 0. The molecule has 0 amide bonds. The Morgan fingerprint density at radius 3 is 1.27 bits per heavy atom. The van der Waals surface area contributed by atoms with Crippen LogP contribution in [-0.2, 0) is 9.31 Å². The molecule has 1 aliphatic rings. The van der Waals surface area contributed by atoms with Gasteiger partial charge >= 0.3 is 7.12 Å². The number of rotatable bonds is 4. The van der Waals surface area contributed by atoms with Crippen LogP contribution >= 0.6 is 0 Å². The summed E-state index contributed by atoms with van der Waals surface area (Å²) in [6.07, 6.45) is 0. The minimum absolute atomic E-state index is 0.393. The number of benzene rings is 4. The molecule has 0 aliphatic carbocycles. The summed E-state index contributed by atoms with van der Waals surface area (Å²) in [7, 11) is -0.426. The molecular formula is C30H29BO2. The molecule has 0 spiro atoms. The second-order valence-corrected chi connectivity index (χ2v) is 9.68. The van der Waals surface area contributed by atoms with Gasteiger partial charge in [-0.15, -0.1) is 0 Å². The van der Waals surface area contributed by atoms with Crippen LogP contribution < -0.4 is 5.46 Å². The third-order valence-corrected chi connectivity index (χ3v) is 6.92. The third-order valence-electron chi connectivity index (χ3n) is 6.92. The molecule has 1 aliphatic heterocycles. The molecule has 5 rings (SSSR count). The van der Waals surface area contributed by atoms with E-state index in [0.717, 1.165) is 5.46 Å². The first kappa shape index (κ1) is 21.7. The van der Waals surface area contributed by atoms with Gasteiger partial charge in [0.1, 0.15) is 0 Å². The molecule has 33 heavy (non-hydrogen) atoms. The van der Waals surface area contributed by atoms with E-state index in [-0.39, 0.29) is 0 Å². The van der Waals surface area contributed by atoms with Gasteiger partial charge in [0.2, 0.25) is 0 Å². The summed E-state index contributed by atoms with van der Waals surface area (Å²) < 4.78 is 12.9. The second kappa shape index (κ2) is 8.33. The SMILES string of the molecule is CC1(C)OB(c2cc(-c3ccccc3)c(-c3ccccc3)c(-c3ccccc3)c2)OC1(C)C. The topological polar surface area (TPSA) is 18.5 Å². The molecule has 0 radical (unpaired) electrons. The molecule has 0 atom stereocenters. The molecule has 0 saturated carbocycles. The van der Waals surface area contributed by atoms with E-state index in [2.05, 4.69) is 131 Å². The molecule has 3 heteroatoms. The normalized spacial score (nSPS) is 16.7. The van der Waals surface area contributed by atoms with Crippen molar-refractivity contribution in [3.63, 3.8) is 0 Å². The zero-order valence-electron chi connectivity index (χ0n) is 19.7. The van der Waals surface area contributed by atoms with Crippen LogP contribution in [0.5, 0.6) is 0 Å². The quantitative estimate of drug-likeness (QED) is 0.324. The van der Waals surface area contributed by atoms with Crippen molar-refractivity contribution in [3.05, 3.63) is 103 Å². The fraction of sp³-hybridized carbons (Fsp3) is 0.200. The molecule has 2 nitrogen and oxygen atoms in total. The lowest BCUT2D eigenvalue weighted by molar-refractivity contribution is 0.00578. The minimum Gasteiger partial charge on any atom is -0.399 e. The fourth-order valence-corrected chi connectivity index (χ4v) is 4.39. The molecule has 164 valence electrons. The van der Waals surface area contributed by atoms with Crippen LogP contribution in [0.25, 0.3) is 33.4 Å². The molecule has 0 unspecified atom stereocenters. The maximum atomic E-state index is 6.46. The van der Waals surface area contributed by atoms with Gasteiger partial charge in [-0.05, 0) is 66.5 Å². The lowest BCUT2D eigenvalue weighted by Crippen LogP contribution is -2.41. The average molecular weight is 432 g/mol. The van der Waals surface area contributed by atoms with Crippen molar-refractivity contribution in [1.29, 1.82) is 0 Å². The Balaban J connectivity index is 1.79. The van der Waals surface area contributed by atoms with Crippen LogP contribution in [-0.4, -0.2) is 18.3 Å². The molecule has 1 saturated heterocycles. The predicted molar refractivity (Wildman–Crippen MR) is 138 cm³/mol. The van der Waals surface area contributed by atoms with Crippen LogP contribution in [0.4, 0.5) is 0 Å². The van der Waals surface area contributed by atoms with E-state index in [4.69, 9.17) is 9.31 Å². The Hall–Kier alpha value is -3.14. The number of hydrogen-bond acceptors (Lipinski definition) is 2. The largest absolute Gasteiger partial charge is 0.494 e. The number of hydrogen-bond donors (Lipinski definition) is 0. The summed E-state index contributed by atoms with van der Waals surface area (Å²) in [5, 5.41) is 0. The fourth-order valence-electron chi connectivity index (χ4n) is 4.39. The second-order valence-electron chi connectivity index (χ2n) is 9.68. The van der Waals surface area contributed by atoms with Crippen molar-refractivity contribution in [2.24, 2.45) is 0 Å². The highest BCUT2D eigenvalue weighted by Crippen LogP contribution is 2.41. The van der Waals surface area contributed by atoms with Gasteiger partial charge in [-0.2, -0.15) is 0 Å². The van der Waals surface area contributed by atoms with Crippen LogP contribution in [0.3, 0.4) is 0 Å². The minimum atomic E-state index is -0.426. The Morgan fingerprint density at radius 1 is 0.515 bits per heavy atom. The maximum absolute atomic E-state index is 6.46. The Kier molecular flexibility index (Phi) is 5.48. The molecule has 4 aromatic carbocycles. The zero-order chi connectivity index (χ0) is 23.1. The van der Waals surface area contributed by atoms with Crippen LogP contribution in [0.15, 0.2) is 103 Å². The maximum Gasteiger partial charge on any atom is 0.494 e. The van der Waals surface area contributed by atoms with Gasteiger partial charge in [-0.1, -0.05) is 103 Å². The van der Waals surface area contributed by atoms with Gasteiger partial charge in [0, 0.05) is 0 Å². The Bertz CT molecular complexity index is 1170. The van der Waals surface area contributed by atoms with E-state index in [1.54, 1.807) is 0 Å². The molecule has 0 bridgehead atoms. The van der Waals surface area contributed by atoms with Gasteiger partial charge in [0.05, 0.1) is 11.2 Å². The predicted octanol–water partition coefficient (Wildman–Crippen LogP) is 6.99. The summed E-state index contributed by atoms with van der Waals surface area (Å²) >= 11 is 0. The third kappa shape index (κ3) is 4.03. The van der Waals surface area contributed by atoms with E-state index in [1.165, 1.54) is 33.4 Å². The summed E-state index contributed by atoms with van der Waals surface area (Å²) in [6, 6.07) is 36.3. The summed E-state index contributed by atoms with van der Waals surface area (Å²) in [6.45, 7) is 8.40. The van der Waals surface area contributed by atoms with Crippen molar-refractivity contribution in [3.8, 4) is 33.4 Å². The molecular weight excluding hydrogens is 403 g/mol. The van der Waals surface area contributed by atoms with E-state index in [1.807, 2.05) is 0 Å². The van der Waals surface area contributed by atoms with Crippen molar-refractivity contribution < 1.29 is 9.31 Å². The zero-order valence-corrected chi connectivity index (χ0v) is 19.7. The highest BCUT2D eigenvalue weighted by Gasteiger charge is 2.51. The Labute approximate surface area is 197 Å². The van der Waals surface area contributed by atoms with E-state index < -0.39 is 18.3 Å². The van der Waals surface area contributed by atoms with Gasteiger partial charge in [0.25, 0.3) is 0 Å². The molecule has 1 fully saturated rings. The summed E-state index contributed by atoms with van der Waals surface area (Å²) in [5.41, 5.74) is 7.35. The van der Waals surface area contributed by atoms with E-state index >= 15 is 0 Å². The van der Waals surface area contributed by atoms with Gasteiger partial charge in [-0.25, -0.2) is 0 Å². The van der Waals surface area contributed by atoms with Crippen LogP contribution in [0.1, 0.15) is 27.7 Å². The van der Waals surface area contributed by atoms with Crippen LogP contribution in [0.2, 0.25) is 0 Å². The first-order valence-corrected chi connectivity index (χ1v) is 11.6. The highest BCUT2D eigenvalue weighted by molar-refractivity contribution is 6.62. The molecule has 4 aromatic rings. The van der Waals surface area contributed by atoms with E-state index in [0.29, 0.717) is 0 Å². The Morgan fingerprint density at radius 2 is 0.879 bits per heavy atom. The monoisotopic (exact) mass is 432 g/mol. The lowest BCUT2D eigenvalue weighted by Gasteiger charge is -2.32. The van der Waals surface area contributed by atoms with Gasteiger partial charge in [-0.3, -0.25) is 0 Å². The first-order valence-electron chi connectivity index (χ1n) is 11.6. The molecule has 0 N–H and O–H groups in total. The first-order chi connectivity index (χ1) is 15.9. The highest BCUT2D eigenvalue weighted by atomic mass is 16.7. The van der Waals surface area contributed by atoms with Crippen molar-refractivity contribution >= 4 is 12.6 Å². The van der Waals surface area contributed by atoms with Crippen molar-refractivity contribution in [1.82, 2.24) is 0 Å². The smallest absolute Gasteiger partial charge is 0.399 e.